The van der Waals surface area contributed by atoms with Gasteiger partial charge in [-0.1, -0.05) is 60.7 Å². The fourth-order valence-electron chi connectivity index (χ4n) is 10.3. The van der Waals surface area contributed by atoms with Gasteiger partial charge in [-0.25, -0.2) is 0 Å². The molecule has 0 bridgehead atoms. The molecular formula is C56H74N8O10P2. The molecule has 0 unspecified atom stereocenters. The maximum Gasteiger partial charge on any atom is 0.331 e. The predicted octanol–water partition coefficient (Wildman–Crippen LogP) is 8.08. The number of H-pyrrole nitrogens is 2. The van der Waals surface area contributed by atoms with Gasteiger partial charge < -0.3 is 39.4 Å². The number of benzene rings is 2. The Hall–Kier alpha value is -5.68. The van der Waals surface area contributed by atoms with Crippen LogP contribution in [0.1, 0.15) is 101 Å². The van der Waals surface area contributed by atoms with Gasteiger partial charge in [-0.05, 0) is 127 Å². The SMILES string of the molecule is CCOP(=O)(CCN1CC[C@H](c2ccccc2)C[C@@H]1C(=O)N[C@@H](C)C(=O)CCc1cc2cnccc2[nH]1)OCC.C[C@H](NC(=O)[C@H]1C[C@@H](c2ccccc2)CCN1CCP(=O)(O)O)C(=O)CCc1cc2cnccc2[nH]1. The van der Waals surface area contributed by atoms with E-state index in [1.165, 1.54) is 5.56 Å². The van der Waals surface area contributed by atoms with Gasteiger partial charge in [0.1, 0.15) is 0 Å². The minimum atomic E-state index is -4.19. The summed E-state index contributed by atoms with van der Waals surface area (Å²) in [6, 6.07) is 25.7. The van der Waals surface area contributed by atoms with Gasteiger partial charge in [-0.15, -0.1) is 0 Å². The number of nitrogens with one attached hydrogen (secondary N) is 4. The number of piperidine rings is 2. The summed E-state index contributed by atoms with van der Waals surface area (Å²) in [7, 11) is -7.43. The Morgan fingerprint density at radius 1 is 0.658 bits per heavy atom. The molecule has 18 nitrogen and oxygen atoms in total. The van der Waals surface area contributed by atoms with Gasteiger partial charge in [-0.2, -0.15) is 0 Å². The zero-order valence-corrected chi connectivity index (χ0v) is 45.8. The fraction of sp³-hybridized carbons (Fsp3) is 0.464. The van der Waals surface area contributed by atoms with Gasteiger partial charge in [0.25, 0.3) is 0 Å². The summed E-state index contributed by atoms with van der Waals surface area (Å²) in [5, 5.41) is 7.84. The first-order valence-electron chi connectivity index (χ1n) is 26.5. The molecule has 20 heteroatoms. The minimum Gasteiger partial charge on any atom is -0.358 e. The topological polar surface area (TPSA) is 249 Å². The second kappa shape index (κ2) is 27.6. The highest BCUT2D eigenvalue weighted by Gasteiger charge is 2.38. The number of hydrogen-bond donors (Lipinski definition) is 6. The Morgan fingerprint density at radius 2 is 1.08 bits per heavy atom. The van der Waals surface area contributed by atoms with Crippen LogP contribution in [0.4, 0.5) is 0 Å². The lowest BCUT2D eigenvalue weighted by Crippen LogP contribution is -2.54. The monoisotopic (exact) mass is 1080 g/mol. The van der Waals surface area contributed by atoms with E-state index in [0.717, 1.165) is 51.6 Å². The third-order valence-electron chi connectivity index (χ3n) is 14.5. The molecule has 6 aromatic rings. The number of aryl methyl sites for hydroxylation is 2. The third kappa shape index (κ3) is 16.7. The number of nitrogens with zero attached hydrogens (tertiary/aromatic N) is 4. The summed E-state index contributed by atoms with van der Waals surface area (Å²) >= 11 is 0. The smallest absolute Gasteiger partial charge is 0.331 e. The molecule has 0 aliphatic carbocycles. The summed E-state index contributed by atoms with van der Waals surface area (Å²) in [5.74, 6) is -0.168. The van der Waals surface area contributed by atoms with E-state index in [0.29, 0.717) is 65.0 Å². The first kappa shape index (κ1) is 58.0. The molecule has 0 saturated carbocycles. The molecule has 4 aromatic heterocycles. The van der Waals surface area contributed by atoms with Crippen molar-refractivity contribution in [3.8, 4) is 0 Å². The number of fused-ring (bicyclic) bond motifs is 2. The molecule has 408 valence electrons. The summed E-state index contributed by atoms with van der Waals surface area (Å²) < 4.78 is 35.5. The van der Waals surface area contributed by atoms with Crippen molar-refractivity contribution in [3.05, 3.63) is 132 Å². The quantitative estimate of drug-likeness (QED) is 0.0314. The first-order chi connectivity index (χ1) is 36.5. The second-order valence-electron chi connectivity index (χ2n) is 19.8. The normalized spacial score (nSPS) is 19.3. The lowest BCUT2D eigenvalue weighted by atomic mass is 9.85. The van der Waals surface area contributed by atoms with Crippen LogP contribution < -0.4 is 10.6 Å². The summed E-state index contributed by atoms with van der Waals surface area (Å²) in [4.78, 5) is 90.2. The molecule has 76 heavy (non-hydrogen) atoms. The van der Waals surface area contributed by atoms with Crippen molar-refractivity contribution in [3.63, 3.8) is 0 Å². The van der Waals surface area contributed by atoms with Crippen LogP contribution in [0.3, 0.4) is 0 Å². The highest BCUT2D eigenvalue weighted by Crippen LogP contribution is 2.48. The van der Waals surface area contributed by atoms with Crippen LogP contribution in [-0.2, 0) is 50.2 Å². The molecule has 2 aliphatic rings. The molecule has 6 N–H and O–H groups in total. The lowest BCUT2D eigenvalue weighted by molar-refractivity contribution is -0.132. The van der Waals surface area contributed by atoms with E-state index >= 15 is 0 Å². The number of hydrogen-bond acceptors (Lipinski definition) is 12. The van der Waals surface area contributed by atoms with Gasteiger partial charge in [0.05, 0.1) is 49.7 Å². The largest absolute Gasteiger partial charge is 0.358 e. The molecule has 6 atom stereocenters. The molecule has 2 saturated heterocycles. The van der Waals surface area contributed by atoms with E-state index < -0.39 is 39.4 Å². The molecule has 2 fully saturated rings. The Morgan fingerprint density at radius 3 is 1.47 bits per heavy atom. The van der Waals surface area contributed by atoms with E-state index in [9.17, 15) is 38.1 Å². The molecule has 0 spiro atoms. The predicted molar refractivity (Wildman–Crippen MR) is 294 cm³/mol. The second-order valence-corrected chi connectivity index (χ2v) is 23.8. The first-order valence-corrected chi connectivity index (χ1v) is 30.0. The highest BCUT2D eigenvalue weighted by atomic mass is 31.2. The van der Waals surface area contributed by atoms with Crippen molar-refractivity contribution in [1.29, 1.82) is 0 Å². The number of Topliss-reactive ketones (excluding diaryl/α,β-unsaturated/α-hetero) is 2. The number of likely N-dealkylation sites (tertiary alicyclic amines) is 2. The van der Waals surface area contributed by atoms with E-state index in [1.807, 2.05) is 77.7 Å². The zero-order chi connectivity index (χ0) is 54.2. The minimum absolute atomic E-state index is 0.0238. The van der Waals surface area contributed by atoms with Crippen LogP contribution in [0.25, 0.3) is 21.8 Å². The molecule has 2 amide bonds. The average molecular weight is 1080 g/mol. The van der Waals surface area contributed by atoms with E-state index in [2.05, 4.69) is 47.6 Å². The Labute approximate surface area is 445 Å². The van der Waals surface area contributed by atoms with E-state index in [4.69, 9.17) is 9.05 Å². The van der Waals surface area contributed by atoms with Crippen LogP contribution in [0, 0.1) is 0 Å². The van der Waals surface area contributed by atoms with Crippen LogP contribution in [-0.4, -0.2) is 139 Å². The number of rotatable bonds is 24. The number of ketones is 2. The van der Waals surface area contributed by atoms with Crippen molar-refractivity contribution >= 4 is 60.4 Å². The van der Waals surface area contributed by atoms with Gasteiger partial charge in [0, 0.05) is 83.9 Å². The third-order valence-corrected chi connectivity index (χ3v) is 17.3. The molecule has 0 radical (unpaired) electrons. The lowest BCUT2D eigenvalue weighted by Gasteiger charge is -2.39. The average Bonchev–Trinajstić information content (AvgIpc) is 4.05. The van der Waals surface area contributed by atoms with E-state index in [1.54, 1.807) is 52.5 Å². The van der Waals surface area contributed by atoms with Crippen molar-refractivity contribution in [2.24, 2.45) is 0 Å². The number of carbonyl (C=O) groups is 4. The van der Waals surface area contributed by atoms with Gasteiger partial charge in [-0.3, -0.25) is 48.1 Å². The molecule has 8 rings (SSSR count). The van der Waals surface area contributed by atoms with E-state index in [-0.39, 0.29) is 60.5 Å². The number of pyridine rings is 2. The molecule has 6 heterocycles. The standard InChI is InChI=1S/C30H41N4O5P.C26H33N4O5P/c1-4-38-40(37,39-5-2)18-17-34-16-14-24(23-9-7-6-8-10-23)20-28(34)30(36)32-22(3)29(35)12-11-26-19-25-21-31-15-13-27(25)33-26;1-18(25(31)8-7-22-15-21-17-27-11-9-23(21)29-22)28-26(32)24-16-20(19-5-3-2-4-6-19)10-12-30(24)13-14-36(33,34)35/h6-10,13,15,19,21-22,24,28,33H,4-5,11-12,14,16-18,20H2,1-3H3,(H,32,36);2-6,9,11,15,17-18,20,24,29H,7-8,10,12-14,16H2,1H3,(H,28,32)(H2,33,34,35)/t22-,24-,28+;18-,20-,24+/m00/s1. The molecular weight excluding hydrogens is 1010 g/mol. The van der Waals surface area contributed by atoms with Crippen molar-refractivity contribution in [2.45, 2.75) is 115 Å². The Balaban J connectivity index is 0.000000222. The number of amides is 2. The zero-order valence-electron chi connectivity index (χ0n) is 44.0. The summed E-state index contributed by atoms with van der Waals surface area (Å²) in [6.45, 7) is 9.38. The van der Waals surface area contributed by atoms with Crippen LogP contribution in [0.5, 0.6) is 0 Å². The van der Waals surface area contributed by atoms with Crippen molar-refractivity contribution in [2.75, 3.05) is 51.7 Å². The fourth-order valence-corrected chi connectivity index (χ4v) is 12.4. The number of aromatic amines is 2. The maximum atomic E-state index is 13.6. The molecule has 2 aliphatic heterocycles. The highest BCUT2D eigenvalue weighted by molar-refractivity contribution is 7.53. The van der Waals surface area contributed by atoms with Crippen LogP contribution >= 0.6 is 15.2 Å². The molecule has 2 aromatic carbocycles. The van der Waals surface area contributed by atoms with Gasteiger partial charge >= 0.3 is 15.2 Å². The Bertz CT molecular complexity index is 2870. The van der Waals surface area contributed by atoms with Crippen LogP contribution in [0.15, 0.2) is 110 Å². The summed E-state index contributed by atoms with van der Waals surface area (Å²) in [6.07, 6.45) is 11.4. The van der Waals surface area contributed by atoms with Crippen LogP contribution in [0.2, 0.25) is 0 Å². The van der Waals surface area contributed by atoms with Gasteiger partial charge in [0.15, 0.2) is 11.6 Å². The van der Waals surface area contributed by atoms with Crippen molar-refractivity contribution in [1.82, 2.24) is 40.4 Å². The number of carbonyl (C=O) groups excluding carboxylic acids is 4. The summed E-state index contributed by atoms with van der Waals surface area (Å²) in [5.41, 5.74) is 6.20. The Kier molecular flexibility index (Phi) is 21.0. The maximum absolute atomic E-state index is 13.6. The number of aromatic nitrogens is 4. The van der Waals surface area contributed by atoms with Gasteiger partial charge in [0.2, 0.25) is 11.8 Å². The van der Waals surface area contributed by atoms with Crippen molar-refractivity contribution < 1.29 is 47.1 Å².